The van der Waals surface area contributed by atoms with Crippen LogP contribution in [0, 0.1) is 10.5 Å². The molecule has 70 valence electrons. The Bertz CT molecular complexity index is 350. The summed E-state index contributed by atoms with van der Waals surface area (Å²) in [5.74, 6) is -0.796. The first-order valence-corrected chi connectivity index (χ1v) is 5.54. The fraction of sp³-hybridized carbons (Fsp3) is 0.222. The summed E-state index contributed by atoms with van der Waals surface area (Å²) < 4.78 is 1.96. The summed E-state index contributed by atoms with van der Waals surface area (Å²) in [6.45, 7) is 1.97. The SMILES string of the molecule is Cc1cc(Br)cc(CC(=O)O)c1I. The molecule has 0 heterocycles. The number of hydrogen-bond acceptors (Lipinski definition) is 1. The molecule has 0 bridgehead atoms. The maximum absolute atomic E-state index is 10.5. The summed E-state index contributed by atoms with van der Waals surface area (Å²) in [7, 11) is 0. The summed E-state index contributed by atoms with van der Waals surface area (Å²) in [6, 6.07) is 3.83. The van der Waals surface area contributed by atoms with Gasteiger partial charge in [-0.25, -0.2) is 0 Å². The van der Waals surface area contributed by atoms with Crippen molar-refractivity contribution in [1.29, 1.82) is 0 Å². The molecule has 1 aromatic carbocycles. The van der Waals surface area contributed by atoms with Gasteiger partial charge < -0.3 is 5.11 Å². The number of carboxylic acids is 1. The molecule has 4 heteroatoms. The highest BCUT2D eigenvalue weighted by Gasteiger charge is 2.07. The van der Waals surface area contributed by atoms with E-state index in [1.165, 1.54) is 0 Å². The van der Waals surface area contributed by atoms with E-state index in [1.807, 2.05) is 19.1 Å². The van der Waals surface area contributed by atoms with Crippen LogP contribution in [0.15, 0.2) is 16.6 Å². The summed E-state index contributed by atoms with van der Waals surface area (Å²) in [4.78, 5) is 10.5. The number of aliphatic carboxylic acids is 1. The number of carboxylic acid groups (broad SMARTS) is 1. The second kappa shape index (κ2) is 4.41. The molecule has 0 saturated heterocycles. The molecule has 0 aliphatic carbocycles. The fourth-order valence-corrected chi connectivity index (χ4v) is 2.21. The minimum atomic E-state index is -0.796. The van der Waals surface area contributed by atoms with Crippen molar-refractivity contribution in [1.82, 2.24) is 0 Å². The van der Waals surface area contributed by atoms with Crippen molar-refractivity contribution in [2.45, 2.75) is 13.3 Å². The van der Waals surface area contributed by atoms with Crippen LogP contribution in [0.4, 0.5) is 0 Å². The Labute approximate surface area is 98.6 Å². The predicted molar refractivity (Wildman–Crippen MR) is 62.9 cm³/mol. The zero-order valence-electron chi connectivity index (χ0n) is 6.97. The van der Waals surface area contributed by atoms with Crippen molar-refractivity contribution in [2.75, 3.05) is 0 Å². The van der Waals surface area contributed by atoms with Gasteiger partial charge in [-0.2, -0.15) is 0 Å². The Hall–Kier alpha value is -0.100. The number of benzene rings is 1. The van der Waals surface area contributed by atoms with E-state index in [9.17, 15) is 4.79 Å². The third-order valence-corrected chi connectivity index (χ3v) is 3.64. The Balaban J connectivity index is 3.12. The van der Waals surface area contributed by atoms with Crippen LogP contribution in [0.3, 0.4) is 0 Å². The van der Waals surface area contributed by atoms with E-state index in [1.54, 1.807) is 0 Å². The van der Waals surface area contributed by atoms with Crippen LogP contribution in [0.25, 0.3) is 0 Å². The van der Waals surface area contributed by atoms with Gasteiger partial charge in [0.05, 0.1) is 6.42 Å². The molecular formula is C9H8BrIO2. The Morgan fingerprint density at radius 2 is 2.23 bits per heavy atom. The van der Waals surface area contributed by atoms with Crippen molar-refractivity contribution in [2.24, 2.45) is 0 Å². The van der Waals surface area contributed by atoms with Crippen LogP contribution in [0.5, 0.6) is 0 Å². The van der Waals surface area contributed by atoms with Crippen LogP contribution >= 0.6 is 38.5 Å². The minimum absolute atomic E-state index is 0.0819. The molecule has 0 atom stereocenters. The topological polar surface area (TPSA) is 37.3 Å². The van der Waals surface area contributed by atoms with Crippen molar-refractivity contribution >= 4 is 44.5 Å². The predicted octanol–water partition coefficient (Wildman–Crippen LogP) is 2.99. The molecule has 0 radical (unpaired) electrons. The molecular weight excluding hydrogens is 347 g/mol. The lowest BCUT2D eigenvalue weighted by atomic mass is 10.1. The summed E-state index contributed by atoms with van der Waals surface area (Å²) in [5.41, 5.74) is 1.96. The molecule has 13 heavy (non-hydrogen) atoms. The third kappa shape index (κ3) is 2.95. The number of halogens is 2. The third-order valence-electron chi connectivity index (χ3n) is 1.64. The van der Waals surface area contributed by atoms with Gasteiger partial charge in [0.1, 0.15) is 0 Å². The molecule has 0 aliphatic rings. The maximum atomic E-state index is 10.5. The van der Waals surface area contributed by atoms with Gasteiger partial charge in [-0.3, -0.25) is 4.79 Å². The van der Waals surface area contributed by atoms with Crippen LogP contribution in [-0.4, -0.2) is 11.1 Å². The molecule has 2 nitrogen and oxygen atoms in total. The quantitative estimate of drug-likeness (QED) is 0.829. The van der Waals surface area contributed by atoms with Gasteiger partial charge in [0, 0.05) is 8.04 Å². The highest BCUT2D eigenvalue weighted by molar-refractivity contribution is 14.1. The number of aryl methyl sites for hydroxylation is 1. The second-order valence-corrected chi connectivity index (χ2v) is 4.76. The summed E-state index contributed by atoms with van der Waals surface area (Å²) in [5, 5.41) is 8.65. The molecule has 1 N–H and O–H groups in total. The molecule has 1 aromatic rings. The largest absolute Gasteiger partial charge is 0.481 e. The molecule has 0 saturated carbocycles. The number of hydrogen-bond donors (Lipinski definition) is 1. The molecule has 1 rings (SSSR count). The number of rotatable bonds is 2. The fourth-order valence-electron chi connectivity index (χ4n) is 1.09. The summed E-state index contributed by atoms with van der Waals surface area (Å²) in [6.07, 6.45) is 0.0819. The molecule has 0 unspecified atom stereocenters. The molecule has 0 aliphatic heterocycles. The first-order chi connectivity index (χ1) is 6.00. The van der Waals surface area contributed by atoms with Gasteiger partial charge in [-0.1, -0.05) is 15.9 Å². The Morgan fingerprint density at radius 1 is 1.62 bits per heavy atom. The Morgan fingerprint density at radius 3 is 2.77 bits per heavy atom. The van der Waals surface area contributed by atoms with E-state index in [0.29, 0.717) is 0 Å². The monoisotopic (exact) mass is 354 g/mol. The molecule has 0 spiro atoms. The lowest BCUT2D eigenvalue weighted by Crippen LogP contribution is -2.03. The summed E-state index contributed by atoms with van der Waals surface area (Å²) >= 11 is 5.51. The van der Waals surface area contributed by atoms with Crippen LogP contribution < -0.4 is 0 Å². The second-order valence-electron chi connectivity index (χ2n) is 2.77. The van der Waals surface area contributed by atoms with Gasteiger partial charge in [0.25, 0.3) is 0 Å². The zero-order chi connectivity index (χ0) is 10.0. The normalized spacial score (nSPS) is 10.1. The van der Waals surface area contributed by atoms with Crippen LogP contribution in [0.2, 0.25) is 0 Å². The lowest BCUT2D eigenvalue weighted by molar-refractivity contribution is -0.136. The van der Waals surface area contributed by atoms with E-state index >= 15 is 0 Å². The van der Waals surface area contributed by atoms with E-state index in [2.05, 4.69) is 38.5 Å². The number of carbonyl (C=O) groups is 1. The minimum Gasteiger partial charge on any atom is -0.481 e. The van der Waals surface area contributed by atoms with Gasteiger partial charge >= 0.3 is 5.97 Å². The first-order valence-electron chi connectivity index (χ1n) is 3.67. The zero-order valence-corrected chi connectivity index (χ0v) is 10.7. The van der Waals surface area contributed by atoms with Crippen LogP contribution in [0.1, 0.15) is 11.1 Å². The maximum Gasteiger partial charge on any atom is 0.307 e. The average molecular weight is 355 g/mol. The van der Waals surface area contributed by atoms with E-state index < -0.39 is 5.97 Å². The van der Waals surface area contributed by atoms with Crippen molar-refractivity contribution in [3.63, 3.8) is 0 Å². The lowest BCUT2D eigenvalue weighted by Gasteiger charge is -2.05. The van der Waals surface area contributed by atoms with Gasteiger partial charge in [-0.05, 0) is 52.8 Å². The van der Waals surface area contributed by atoms with Crippen molar-refractivity contribution in [3.05, 3.63) is 31.3 Å². The molecule has 0 aromatic heterocycles. The average Bonchev–Trinajstić information content (AvgIpc) is 1.98. The standard InChI is InChI=1S/C9H8BrIO2/c1-5-2-7(10)3-6(9(5)11)4-8(12)13/h2-3H,4H2,1H3,(H,12,13). The molecule has 0 fully saturated rings. The van der Waals surface area contributed by atoms with E-state index in [0.717, 1.165) is 19.2 Å². The van der Waals surface area contributed by atoms with Crippen molar-refractivity contribution < 1.29 is 9.90 Å². The Kier molecular flexibility index (Phi) is 3.73. The highest BCUT2D eigenvalue weighted by Crippen LogP contribution is 2.23. The van der Waals surface area contributed by atoms with Gasteiger partial charge in [0.15, 0.2) is 0 Å². The van der Waals surface area contributed by atoms with Crippen molar-refractivity contribution in [3.8, 4) is 0 Å². The van der Waals surface area contributed by atoms with Gasteiger partial charge in [-0.15, -0.1) is 0 Å². The van der Waals surface area contributed by atoms with Crippen LogP contribution in [-0.2, 0) is 11.2 Å². The smallest absolute Gasteiger partial charge is 0.307 e. The molecule has 0 amide bonds. The van der Waals surface area contributed by atoms with E-state index in [-0.39, 0.29) is 6.42 Å². The van der Waals surface area contributed by atoms with Gasteiger partial charge in [0.2, 0.25) is 0 Å². The highest BCUT2D eigenvalue weighted by atomic mass is 127. The first kappa shape index (κ1) is 11.0. The van der Waals surface area contributed by atoms with E-state index in [4.69, 9.17) is 5.11 Å².